The molecule has 0 bridgehead atoms. The lowest BCUT2D eigenvalue weighted by Gasteiger charge is -2.37. The number of hydrogen-bond acceptors (Lipinski definition) is 2. The molecule has 0 unspecified atom stereocenters. The number of ether oxygens (including phenoxy) is 1. The van der Waals surface area contributed by atoms with Gasteiger partial charge in [-0.1, -0.05) is 37.8 Å². The first kappa shape index (κ1) is 12.5. The second-order valence-electron chi connectivity index (χ2n) is 5.03. The zero-order valence-corrected chi connectivity index (χ0v) is 11.1. The van der Waals surface area contributed by atoms with Gasteiger partial charge in [-0.25, -0.2) is 0 Å². The van der Waals surface area contributed by atoms with E-state index in [1.54, 1.807) is 7.11 Å². The quantitative estimate of drug-likeness (QED) is 0.740. The van der Waals surface area contributed by atoms with Crippen LogP contribution in [0.4, 0.5) is 0 Å². The molecule has 92 valence electrons. The Hall–Kier alpha value is -0.955. The molecule has 0 N–H and O–H groups in total. The van der Waals surface area contributed by atoms with E-state index in [9.17, 15) is 0 Å². The Morgan fingerprint density at radius 3 is 2.53 bits per heavy atom. The number of benzene rings is 1. The second kappa shape index (κ2) is 5.59. The maximum Gasteiger partial charge on any atom is 0.254 e. The monoisotopic (exact) mass is 231 g/mol. The van der Waals surface area contributed by atoms with E-state index >= 15 is 0 Å². The van der Waals surface area contributed by atoms with Crippen molar-refractivity contribution in [2.45, 2.75) is 39.1 Å². The molecule has 1 aromatic carbocycles. The summed E-state index contributed by atoms with van der Waals surface area (Å²) in [4.78, 5) is 2.62. The topological polar surface area (TPSA) is 12.5 Å². The molecular weight excluding hydrogens is 209 g/mol. The molecule has 1 aromatic rings. The highest BCUT2D eigenvalue weighted by Gasteiger charge is 2.26. The lowest BCUT2D eigenvalue weighted by Crippen LogP contribution is -2.52. The smallest absolute Gasteiger partial charge is 0.254 e. The van der Waals surface area contributed by atoms with Gasteiger partial charge in [0.1, 0.15) is 5.75 Å². The third-order valence-electron chi connectivity index (χ3n) is 3.95. The van der Waals surface area contributed by atoms with Gasteiger partial charge in [0.25, 0.3) is 6.85 Å². The maximum absolute atomic E-state index is 5.20. The average Bonchev–Trinajstić information content (AvgIpc) is 2.39. The molecule has 17 heavy (non-hydrogen) atoms. The minimum Gasteiger partial charge on any atom is -0.497 e. The molecule has 1 aliphatic rings. The molecule has 0 aromatic heterocycles. The summed E-state index contributed by atoms with van der Waals surface area (Å²) in [7, 11) is 1.71. The highest BCUT2D eigenvalue weighted by Crippen LogP contribution is 2.18. The summed E-state index contributed by atoms with van der Waals surface area (Å²) in [5.74, 6) is 0.938. The van der Waals surface area contributed by atoms with Crippen molar-refractivity contribution >= 4 is 12.3 Å². The van der Waals surface area contributed by atoms with Crippen molar-refractivity contribution in [2.75, 3.05) is 13.7 Å². The van der Waals surface area contributed by atoms with Gasteiger partial charge in [0.05, 0.1) is 7.11 Å². The van der Waals surface area contributed by atoms with Gasteiger partial charge < -0.3 is 9.55 Å². The van der Waals surface area contributed by atoms with Gasteiger partial charge in [-0.05, 0) is 37.6 Å². The Balaban J connectivity index is 2.09. The van der Waals surface area contributed by atoms with E-state index in [1.807, 2.05) is 0 Å². The maximum atomic E-state index is 5.20. The molecule has 1 saturated heterocycles. The fraction of sp³-hybridized carbons (Fsp3) is 0.571. The molecule has 2 rings (SSSR count). The lowest BCUT2D eigenvalue weighted by atomic mass is 9.55. The predicted molar refractivity (Wildman–Crippen MR) is 74.3 cm³/mol. The third-order valence-corrected chi connectivity index (χ3v) is 3.95. The molecule has 1 heterocycles. The third kappa shape index (κ3) is 2.84. The van der Waals surface area contributed by atoms with Crippen LogP contribution in [0.5, 0.6) is 5.75 Å². The van der Waals surface area contributed by atoms with Crippen LogP contribution in [0.15, 0.2) is 24.3 Å². The molecule has 0 aliphatic carbocycles. The van der Waals surface area contributed by atoms with Crippen LogP contribution in [-0.2, 0) is 0 Å². The number of piperidine rings is 1. The van der Waals surface area contributed by atoms with Crippen LogP contribution in [0.2, 0.25) is 6.82 Å². The van der Waals surface area contributed by atoms with Gasteiger partial charge in [-0.2, -0.15) is 0 Å². The van der Waals surface area contributed by atoms with Crippen LogP contribution in [0.3, 0.4) is 0 Å². The molecule has 2 nitrogen and oxygen atoms in total. The zero-order valence-electron chi connectivity index (χ0n) is 11.1. The van der Waals surface area contributed by atoms with Crippen molar-refractivity contribution < 1.29 is 4.74 Å². The highest BCUT2D eigenvalue weighted by molar-refractivity contribution is 6.69. The zero-order chi connectivity index (χ0) is 12.3. The van der Waals surface area contributed by atoms with Crippen molar-refractivity contribution in [1.29, 1.82) is 0 Å². The Morgan fingerprint density at radius 1 is 1.24 bits per heavy atom. The predicted octanol–water partition coefficient (Wildman–Crippen LogP) is 2.40. The van der Waals surface area contributed by atoms with Crippen molar-refractivity contribution in [2.24, 2.45) is 0 Å². The fourth-order valence-electron chi connectivity index (χ4n) is 2.77. The molecule has 1 aliphatic heterocycles. The molecule has 0 saturated carbocycles. The molecule has 3 heteroatoms. The van der Waals surface area contributed by atoms with Crippen LogP contribution in [0.25, 0.3) is 0 Å². The minimum absolute atomic E-state index is 0.510. The average molecular weight is 231 g/mol. The number of nitrogens with zero attached hydrogens (tertiary/aromatic N) is 1. The number of methoxy groups -OCH3 is 1. The Labute approximate surface area is 105 Å². The van der Waals surface area contributed by atoms with E-state index in [-0.39, 0.29) is 0 Å². The van der Waals surface area contributed by atoms with E-state index in [1.165, 1.54) is 31.3 Å². The SMILES string of the molecule is COc1ccc(B(C)N2CCCC[C@@H]2C)cc1. The molecule has 1 fully saturated rings. The largest absolute Gasteiger partial charge is 0.497 e. The van der Waals surface area contributed by atoms with Crippen LogP contribution >= 0.6 is 0 Å². The first-order valence-electron chi connectivity index (χ1n) is 6.62. The Bertz CT molecular complexity index is 352. The van der Waals surface area contributed by atoms with Gasteiger partial charge in [-0.3, -0.25) is 0 Å². The Morgan fingerprint density at radius 2 is 1.94 bits per heavy atom. The van der Waals surface area contributed by atoms with E-state index in [4.69, 9.17) is 4.74 Å². The normalized spacial score (nSPS) is 21.2. The summed E-state index contributed by atoms with van der Waals surface area (Å²) in [5.41, 5.74) is 1.39. The standard InChI is InChI=1S/C14H22BNO/c1-12-6-4-5-11-16(12)15(2)13-7-9-14(17-3)10-8-13/h7-10,12H,4-6,11H2,1-3H3/t12-/m0/s1. The van der Waals surface area contributed by atoms with E-state index in [2.05, 4.69) is 42.8 Å². The van der Waals surface area contributed by atoms with Gasteiger partial charge in [-0.15, -0.1) is 0 Å². The fourth-order valence-corrected chi connectivity index (χ4v) is 2.77. The van der Waals surface area contributed by atoms with E-state index < -0.39 is 0 Å². The van der Waals surface area contributed by atoms with Crippen LogP contribution < -0.4 is 10.2 Å². The first-order valence-corrected chi connectivity index (χ1v) is 6.62. The van der Waals surface area contributed by atoms with E-state index in [0.29, 0.717) is 12.9 Å². The van der Waals surface area contributed by atoms with Gasteiger partial charge in [0.15, 0.2) is 0 Å². The van der Waals surface area contributed by atoms with E-state index in [0.717, 1.165) is 5.75 Å². The second-order valence-corrected chi connectivity index (χ2v) is 5.03. The summed E-state index contributed by atoms with van der Waals surface area (Å²) >= 11 is 0. The number of hydrogen-bond donors (Lipinski definition) is 0. The molecule has 0 spiro atoms. The summed E-state index contributed by atoms with van der Waals surface area (Å²) in [5, 5.41) is 0. The summed E-state index contributed by atoms with van der Waals surface area (Å²) in [6, 6.07) is 9.19. The van der Waals surface area contributed by atoms with Crippen LogP contribution in [-0.4, -0.2) is 31.4 Å². The van der Waals surface area contributed by atoms with Gasteiger partial charge in [0.2, 0.25) is 0 Å². The van der Waals surface area contributed by atoms with Crippen LogP contribution in [0, 0.1) is 0 Å². The highest BCUT2D eigenvalue weighted by atomic mass is 16.5. The minimum atomic E-state index is 0.510. The summed E-state index contributed by atoms with van der Waals surface area (Å²) < 4.78 is 5.20. The van der Waals surface area contributed by atoms with Gasteiger partial charge >= 0.3 is 0 Å². The molecular formula is C14H22BNO. The number of rotatable bonds is 3. The van der Waals surface area contributed by atoms with Crippen molar-refractivity contribution in [1.82, 2.24) is 4.81 Å². The van der Waals surface area contributed by atoms with Crippen molar-refractivity contribution in [3.8, 4) is 5.75 Å². The molecule has 1 atom stereocenters. The first-order chi connectivity index (χ1) is 8.22. The molecule has 0 amide bonds. The Kier molecular flexibility index (Phi) is 4.11. The summed E-state index contributed by atoms with van der Waals surface area (Å²) in [6.45, 7) is 6.40. The summed E-state index contributed by atoms with van der Waals surface area (Å²) in [6.07, 6.45) is 4.05. The van der Waals surface area contributed by atoms with Crippen molar-refractivity contribution in [3.05, 3.63) is 24.3 Å². The van der Waals surface area contributed by atoms with Gasteiger partial charge in [0, 0.05) is 0 Å². The van der Waals surface area contributed by atoms with Crippen LogP contribution in [0.1, 0.15) is 26.2 Å². The van der Waals surface area contributed by atoms with Crippen molar-refractivity contribution in [3.63, 3.8) is 0 Å². The molecule has 0 radical (unpaired) electrons. The lowest BCUT2D eigenvalue weighted by molar-refractivity contribution is 0.271.